The van der Waals surface area contributed by atoms with Gasteiger partial charge in [-0.25, -0.2) is 4.98 Å². The smallest absolute Gasteiger partial charge is 0.389 e. The van der Waals surface area contributed by atoms with E-state index in [1.165, 1.54) is 12.3 Å². The Morgan fingerprint density at radius 1 is 1.24 bits per heavy atom. The van der Waals surface area contributed by atoms with Gasteiger partial charge in [0.1, 0.15) is 16.5 Å². The van der Waals surface area contributed by atoms with Crippen LogP contribution in [0.5, 0.6) is 0 Å². The summed E-state index contributed by atoms with van der Waals surface area (Å²) in [4.78, 5) is 7.55. The number of hydrogen-bond donors (Lipinski definition) is 2. The van der Waals surface area contributed by atoms with Crippen molar-refractivity contribution in [3.63, 3.8) is 0 Å². The summed E-state index contributed by atoms with van der Waals surface area (Å²) < 4.78 is 38.2. The highest BCUT2D eigenvalue weighted by atomic mass is 32.1. The van der Waals surface area contributed by atoms with Crippen LogP contribution in [0.3, 0.4) is 0 Å². The van der Waals surface area contributed by atoms with Crippen LogP contribution in [0.15, 0.2) is 30.5 Å². The average molecular weight is 312 g/mol. The Balaban J connectivity index is 2.43. The number of anilines is 2. The number of nitrogens with two attached hydrogens (primary N) is 1. The van der Waals surface area contributed by atoms with Gasteiger partial charge in [0.15, 0.2) is 0 Å². The zero-order chi connectivity index (χ0) is 15.6. The maximum atomic E-state index is 12.7. The summed E-state index contributed by atoms with van der Waals surface area (Å²) in [5, 5.41) is 2.75. The van der Waals surface area contributed by atoms with Gasteiger partial charge >= 0.3 is 6.18 Å². The molecular weight excluding hydrogens is 301 g/mol. The third-order valence-corrected chi connectivity index (χ3v) is 2.85. The molecule has 3 N–H and O–H groups in total. The molecule has 2 aromatic rings. The minimum Gasteiger partial charge on any atom is -0.389 e. The van der Waals surface area contributed by atoms with E-state index in [9.17, 15) is 13.2 Å². The lowest BCUT2D eigenvalue weighted by molar-refractivity contribution is -0.141. The van der Waals surface area contributed by atoms with Crippen molar-refractivity contribution in [2.24, 2.45) is 5.73 Å². The van der Waals surface area contributed by atoms with E-state index in [-0.39, 0.29) is 16.4 Å². The zero-order valence-electron chi connectivity index (χ0n) is 10.9. The van der Waals surface area contributed by atoms with Crippen LogP contribution < -0.4 is 11.1 Å². The van der Waals surface area contributed by atoms with Gasteiger partial charge in [-0.1, -0.05) is 12.2 Å². The largest absolute Gasteiger partial charge is 0.433 e. The van der Waals surface area contributed by atoms with Gasteiger partial charge in [0.25, 0.3) is 0 Å². The second kappa shape index (κ2) is 5.65. The predicted molar refractivity (Wildman–Crippen MR) is 77.4 cm³/mol. The Morgan fingerprint density at radius 3 is 2.48 bits per heavy atom. The molecule has 0 saturated carbocycles. The molecule has 2 aromatic heterocycles. The van der Waals surface area contributed by atoms with E-state index >= 15 is 0 Å². The first-order chi connectivity index (χ1) is 9.77. The Morgan fingerprint density at radius 2 is 1.95 bits per heavy atom. The Bertz CT molecular complexity index is 668. The zero-order valence-corrected chi connectivity index (χ0v) is 11.7. The van der Waals surface area contributed by atoms with Gasteiger partial charge < -0.3 is 11.1 Å². The Kier molecular flexibility index (Phi) is 4.08. The van der Waals surface area contributed by atoms with Crippen LogP contribution in [0.2, 0.25) is 0 Å². The van der Waals surface area contributed by atoms with Crippen LogP contribution in [0, 0.1) is 6.92 Å². The summed E-state index contributed by atoms with van der Waals surface area (Å²) in [6.45, 7) is 1.80. The van der Waals surface area contributed by atoms with Gasteiger partial charge in [0.05, 0.1) is 17.4 Å². The number of alkyl halides is 3. The molecule has 4 nitrogen and oxygen atoms in total. The van der Waals surface area contributed by atoms with Gasteiger partial charge in [-0.2, -0.15) is 13.2 Å². The molecule has 21 heavy (non-hydrogen) atoms. The summed E-state index contributed by atoms with van der Waals surface area (Å²) in [5.74, 6) is -0.0528. The van der Waals surface area contributed by atoms with Crippen molar-refractivity contribution in [1.29, 1.82) is 0 Å². The van der Waals surface area contributed by atoms with Crippen LogP contribution in [0.25, 0.3) is 0 Å². The van der Waals surface area contributed by atoms with E-state index in [4.69, 9.17) is 18.0 Å². The summed E-state index contributed by atoms with van der Waals surface area (Å²) in [6, 6.07) is 5.43. The number of aryl methyl sites for hydroxylation is 1. The lowest BCUT2D eigenvalue weighted by atomic mass is 10.2. The first kappa shape index (κ1) is 15.2. The Hall–Kier alpha value is -2.22. The molecule has 0 aliphatic heterocycles. The highest BCUT2D eigenvalue weighted by molar-refractivity contribution is 7.80. The van der Waals surface area contributed by atoms with Crippen molar-refractivity contribution in [3.8, 4) is 0 Å². The molecule has 110 valence electrons. The second-order valence-electron chi connectivity index (χ2n) is 4.27. The highest BCUT2D eigenvalue weighted by Gasteiger charge is 2.33. The average Bonchev–Trinajstić information content (AvgIpc) is 2.40. The maximum Gasteiger partial charge on any atom is 0.433 e. The third-order valence-electron chi connectivity index (χ3n) is 2.63. The molecule has 0 fully saturated rings. The molecule has 0 aromatic carbocycles. The quantitative estimate of drug-likeness (QED) is 0.852. The second-order valence-corrected chi connectivity index (χ2v) is 4.71. The summed E-state index contributed by atoms with van der Waals surface area (Å²) in [5.41, 5.74) is 5.99. The fraction of sp³-hybridized carbons (Fsp3) is 0.154. The van der Waals surface area contributed by atoms with Crippen LogP contribution >= 0.6 is 12.2 Å². The first-order valence-electron chi connectivity index (χ1n) is 5.85. The lowest BCUT2D eigenvalue weighted by Crippen LogP contribution is -2.16. The number of thiocarbonyl (C=S) groups is 1. The molecular formula is C13H11F3N4S. The van der Waals surface area contributed by atoms with Crippen molar-refractivity contribution in [2.45, 2.75) is 13.1 Å². The van der Waals surface area contributed by atoms with E-state index in [0.29, 0.717) is 5.69 Å². The van der Waals surface area contributed by atoms with Crippen LogP contribution in [-0.2, 0) is 6.18 Å². The number of aromatic nitrogens is 2. The van der Waals surface area contributed by atoms with Crippen molar-refractivity contribution in [1.82, 2.24) is 9.97 Å². The van der Waals surface area contributed by atoms with E-state index in [1.807, 2.05) is 0 Å². The predicted octanol–water partition coefficient (Wildman–Crippen LogP) is 3.18. The molecule has 0 atom stereocenters. The van der Waals surface area contributed by atoms with Gasteiger partial charge in [0.2, 0.25) is 0 Å². The standard InChI is InChI=1S/C13H11F3N4S/c1-7-2-3-8(6-18-7)19-12-9(11(17)21)4-5-10(20-12)13(14,15)16/h2-6H,1H3,(H2,17,21)(H,19,20). The molecule has 0 aliphatic carbocycles. The fourth-order valence-electron chi connectivity index (χ4n) is 1.59. The number of nitrogens with zero attached hydrogens (tertiary/aromatic N) is 2. The van der Waals surface area contributed by atoms with Crippen molar-refractivity contribution in [2.75, 3.05) is 5.32 Å². The van der Waals surface area contributed by atoms with E-state index in [0.717, 1.165) is 11.8 Å². The van der Waals surface area contributed by atoms with E-state index in [2.05, 4.69) is 15.3 Å². The molecule has 8 heteroatoms. The fourth-order valence-corrected chi connectivity index (χ4v) is 1.75. The van der Waals surface area contributed by atoms with Crippen LogP contribution in [0.4, 0.5) is 24.7 Å². The minimum atomic E-state index is -4.54. The number of rotatable bonds is 3. The molecule has 0 aliphatic rings. The number of pyridine rings is 2. The summed E-state index contributed by atoms with van der Waals surface area (Å²) in [7, 11) is 0. The van der Waals surface area contributed by atoms with Crippen molar-refractivity contribution in [3.05, 3.63) is 47.4 Å². The molecule has 2 rings (SSSR count). The van der Waals surface area contributed by atoms with E-state index < -0.39 is 11.9 Å². The van der Waals surface area contributed by atoms with Gasteiger partial charge in [0, 0.05) is 5.69 Å². The number of nitrogens with one attached hydrogen (secondary N) is 1. The molecule has 0 bridgehead atoms. The monoisotopic (exact) mass is 312 g/mol. The van der Waals surface area contributed by atoms with Gasteiger partial charge in [-0.05, 0) is 31.2 Å². The molecule has 0 amide bonds. The van der Waals surface area contributed by atoms with Crippen LogP contribution in [-0.4, -0.2) is 15.0 Å². The number of halogens is 3. The minimum absolute atomic E-state index is 0.0428. The van der Waals surface area contributed by atoms with Crippen molar-refractivity contribution >= 4 is 28.7 Å². The Labute approximate surface area is 124 Å². The normalized spacial score (nSPS) is 11.2. The third kappa shape index (κ3) is 3.66. The molecule has 2 heterocycles. The highest BCUT2D eigenvalue weighted by Crippen LogP contribution is 2.30. The molecule has 0 saturated heterocycles. The maximum absolute atomic E-state index is 12.7. The topological polar surface area (TPSA) is 63.8 Å². The number of hydrogen-bond acceptors (Lipinski definition) is 4. The summed E-state index contributed by atoms with van der Waals surface area (Å²) in [6.07, 6.45) is -3.06. The summed E-state index contributed by atoms with van der Waals surface area (Å²) >= 11 is 4.82. The SMILES string of the molecule is Cc1ccc(Nc2nc(C(F)(F)F)ccc2C(N)=S)cn1. The van der Waals surface area contributed by atoms with Gasteiger partial charge in [-0.3, -0.25) is 4.98 Å². The van der Waals surface area contributed by atoms with Crippen molar-refractivity contribution < 1.29 is 13.2 Å². The van der Waals surface area contributed by atoms with Crippen LogP contribution in [0.1, 0.15) is 17.0 Å². The molecule has 0 spiro atoms. The molecule has 0 unspecified atom stereocenters. The molecule has 0 radical (unpaired) electrons. The lowest BCUT2D eigenvalue weighted by Gasteiger charge is -2.13. The first-order valence-corrected chi connectivity index (χ1v) is 6.26. The van der Waals surface area contributed by atoms with E-state index in [1.54, 1.807) is 19.1 Å². The van der Waals surface area contributed by atoms with Gasteiger partial charge in [-0.15, -0.1) is 0 Å².